The molecule has 0 unspecified atom stereocenters. The SMILES string of the molecule is COc1cc(C#N)ccc1-n1c(=S)[nH]c2cnccc21. The van der Waals surface area contributed by atoms with Crippen LogP contribution in [0.25, 0.3) is 16.7 Å². The van der Waals surface area contributed by atoms with E-state index in [0.717, 1.165) is 16.7 Å². The fourth-order valence-corrected chi connectivity index (χ4v) is 2.44. The van der Waals surface area contributed by atoms with E-state index in [1.165, 1.54) is 0 Å². The largest absolute Gasteiger partial charge is 0.495 e. The van der Waals surface area contributed by atoms with Crippen molar-refractivity contribution < 1.29 is 4.74 Å². The van der Waals surface area contributed by atoms with Crippen LogP contribution in [0.4, 0.5) is 0 Å². The van der Waals surface area contributed by atoms with Gasteiger partial charge in [-0.05, 0) is 30.4 Å². The zero-order valence-electron chi connectivity index (χ0n) is 10.6. The molecule has 0 amide bonds. The number of H-pyrrole nitrogens is 1. The van der Waals surface area contributed by atoms with Gasteiger partial charge in [-0.15, -0.1) is 0 Å². The van der Waals surface area contributed by atoms with E-state index in [-0.39, 0.29) is 0 Å². The van der Waals surface area contributed by atoms with Crippen LogP contribution < -0.4 is 4.74 Å². The molecule has 6 heteroatoms. The summed E-state index contributed by atoms with van der Waals surface area (Å²) in [4.78, 5) is 7.17. The summed E-state index contributed by atoms with van der Waals surface area (Å²) < 4.78 is 7.79. The lowest BCUT2D eigenvalue weighted by Gasteiger charge is -2.10. The average Bonchev–Trinajstić information content (AvgIpc) is 2.82. The number of methoxy groups -OCH3 is 1. The molecule has 3 rings (SSSR count). The number of imidazole rings is 1. The minimum Gasteiger partial charge on any atom is -0.495 e. The highest BCUT2D eigenvalue weighted by Gasteiger charge is 2.11. The van der Waals surface area contributed by atoms with Crippen LogP contribution in [0.3, 0.4) is 0 Å². The summed E-state index contributed by atoms with van der Waals surface area (Å²) in [6.07, 6.45) is 3.43. The van der Waals surface area contributed by atoms with Crippen LogP contribution in [0.15, 0.2) is 36.7 Å². The zero-order chi connectivity index (χ0) is 14.1. The van der Waals surface area contributed by atoms with Crippen molar-refractivity contribution in [2.24, 2.45) is 0 Å². The molecule has 0 radical (unpaired) electrons. The van der Waals surface area contributed by atoms with Crippen LogP contribution in [0.1, 0.15) is 5.56 Å². The van der Waals surface area contributed by atoms with E-state index in [9.17, 15) is 0 Å². The Morgan fingerprint density at radius 2 is 2.25 bits per heavy atom. The molecule has 3 aromatic rings. The lowest BCUT2D eigenvalue weighted by Crippen LogP contribution is -1.98. The first-order chi connectivity index (χ1) is 9.74. The Balaban J connectivity index is 2.34. The highest BCUT2D eigenvalue weighted by Crippen LogP contribution is 2.27. The van der Waals surface area contributed by atoms with Crippen LogP contribution in [0, 0.1) is 16.1 Å². The molecule has 0 atom stereocenters. The van der Waals surface area contributed by atoms with Gasteiger partial charge in [-0.2, -0.15) is 5.26 Å². The number of hydrogen-bond donors (Lipinski definition) is 1. The van der Waals surface area contributed by atoms with Gasteiger partial charge in [0.25, 0.3) is 0 Å². The third-order valence-corrected chi connectivity index (χ3v) is 3.32. The first-order valence-electron chi connectivity index (χ1n) is 5.88. The third kappa shape index (κ3) is 1.85. The van der Waals surface area contributed by atoms with Gasteiger partial charge >= 0.3 is 0 Å². The van der Waals surface area contributed by atoms with Gasteiger partial charge in [-0.25, -0.2) is 0 Å². The number of aromatic nitrogens is 3. The summed E-state index contributed by atoms with van der Waals surface area (Å²) in [5.74, 6) is 0.595. The summed E-state index contributed by atoms with van der Waals surface area (Å²) in [7, 11) is 1.57. The second-order valence-electron chi connectivity index (χ2n) is 4.16. The van der Waals surface area contributed by atoms with Crippen molar-refractivity contribution >= 4 is 23.3 Å². The van der Waals surface area contributed by atoms with E-state index in [1.54, 1.807) is 31.6 Å². The smallest absolute Gasteiger partial charge is 0.182 e. The Kier molecular flexibility index (Phi) is 2.97. The van der Waals surface area contributed by atoms with Crippen LogP contribution in [0.2, 0.25) is 0 Å². The molecule has 0 aliphatic heterocycles. The summed E-state index contributed by atoms with van der Waals surface area (Å²) in [5.41, 5.74) is 3.09. The molecular weight excluding hydrogens is 272 g/mol. The number of nitrogens with one attached hydrogen (secondary N) is 1. The second-order valence-corrected chi connectivity index (χ2v) is 4.54. The second kappa shape index (κ2) is 4.79. The van der Waals surface area contributed by atoms with Crippen LogP contribution in [0.5, 0.6) is 5.75 Å². The van der Waals surface area contributed by atoms with Gasteiger partial charge in [-0.1, -0.05) is 0 Å². The maximum absolute atomic E-state index is 8.96. The standard InChI is InChI=1S/C14H10N4OS/c1-19-13-6-9(7-15)2-3-12(13)18-11-4-5-16-8-10(11)17-14(18)20/h2-6,8H,1H3,(H,17,20). The van der Waals surface area contributed by atoms with Gasteiger partial charge in [0, 0.05) is 12.3 Å². The van der Waals surface area contributed by atoms with Crippen molar-refractivity contribution in [3.8, 4) is 17.5 Å². The topological polar surface area (TPSA) is 66.6 Å². The maximum Gasteiger partial charge on any atom is 0.182 e. The molecule has 0 aliphatic carbocycles. The maximum atomic E-state index is 8.96. The molecule has 0 aliphatic rings. The van der Waals surface area contributed by atoms with Crippen LogP contribution >= 0.6 is 12.2 Å². The van der Waals surface area contributed by atoms with E-state index in [4.69, 9.17) is 22.2 Å². The number of fused-ring (bicyclic) bond motifs is 1. The van der Waals surface area contributed by atoms with Crippen molar-refractivity contribution in [2.45, 2.75) is 0 Å². The molecule has 5 nitrogen and oxygen atoms in total. The van der Waals surface area contributed by atoms with E-state index in [1.807, 2.05) is 16.7 Å². The summed E-state index contributed by atoms with van der Waals surface area (Å²) in [6.45, 7) is 0. The van der Waals surface area contributed by atoms with Gasteiger partial charge in [0.15, 0.2) is 4.77 Å². The monoisotopic (exact) mass is 282 g/mol. The lowest BCUT2D eigenvalue weighted by atomic mass is 10.2. The molecule has 0 saturated carbocycles. The number of ether oxygens (including phenoxy) is 1. The van der Waals surface area contributed by atoms with E-state index in [2.05, 4.69) is 16.0 Å². The van der Waals surface area contributed by atoms with Gasteiger partial charge in [-0.3, -0.25) is 9.55 Å². The van der Waals surface area contributed by atoms with Crippen molar-refractivity contribution in [1.29, 1.82) is 5.26 Å². The molecule has 0 fully saturated rings. The van der Waals surface area contributed by atoms with Crippen molar-refractivity contribution in [3.05, 3.63) is 47.0 Å². The summed E-state index contributed by atoms with van der Waals surface area (Å²) in [6, 6.07) is 9.21. The average molecular weight is 282 g/mol. The highest BCUT2D eigenvalue weighted by molar-refractivity contribution is 7.71. The zero-order valence-corrected chi connectivity index (χ0v) is 11.4. The van der Waals surface area contributed by atoms with Gasteiger partial charge < -0.3 is 9.72 Å². The highest BCUT2D eigenvalue weighted by atomic mass is 32.1. The normalized spacial score (nSPS) is 10.4. The lowest BCUT2D eigenvalue weighted by molar-refractivity contribution is 0.413. The number of nitriles is 1. The van der Waals surface area contributed by atoms with E-state index in [0.29, 0.717) is 16.1 Å². The van der Waals surface area contributed by atoms with Gasteiger partial charge in [0.05, 0.1) is 41.7 Å². The molecule has 1 N–H and O–H groups in total. The fraction of sp³-hybridized carbons (Fsp3) is 0.0714. The minimum atomic E-state index is 0.540. The van der Waals surface area contributed by atoms with Crippen LogP contribution in [-0.4, -0.2) is 21.6 Å². The van der Waals surface area contributed by atoms with E-state index < -0.39 is 0 Å². The predicted octanol–water partition coefficient (Wildman–Crippen LogP) is 2.96. The van der Waals surface area contributed by atoms with Gasteiger partial charge in [0.2, 0.25) is 0 Å². The number of hydrogen-bond acceptors (Lipinski definition) is 4. The molecule has 0 spiro atoms. The number of nitrogens with zero attached hydrogens (tertiary/aromatic N) is 3. The predicted molar refractivity (Wildman–Crippen MR) is 77.5 cm³/mol. The summed E-state index contributed by atoms with van der Waals surface area (Å²) >= 11 is 5.36. The number of rotatable bonds is 2. The molecule has 0 saturated heterocycles. The molecule has 2 heterocycles. The Labute approximate surface area is 120 Å². The minimum absolute atomic E-state index is 0.540. The number of pyridine rings is 1. The Morgan fingerprint density at radius 1 is 1.40 bits per heavy atom. The third-order valence-electron chi connectivity index (χ3n) is 3.03. The summed E-state index contributed by atoms with van der Waals surface area (Å²) in [5, 5.41) is 8.96. The van der Waals surface area contributed by atoms with Crippen molar-refractivity contribution in [1.82, 2.24) is 14.5 Å². The fourth-order valence-electron chi connectivity index (χ4n) is 2.13. The molecule has 2 aromatic heterocycles. The number of benzene rings is 1. The van der Waals surface area contributed by atoms with Gasteiger partial charge in [0.1, 0.15) is 5.75 Å². The number of aromatic amines is 1. The molecule has 0 bridgehead atoms. The molecule has 1 aromatic carbocycles. The Hall–Kier alpha value is -2.65. The first kappa shape index (κ1) is 12.4. The quantitative estimate of drug-likeness (QED) is 0.734. The van der Waals surface area contributed by atoms with Crippen molar-refractivity contribution in [3.63, 3.8) is 0 Å². The van der Waals surface area contributed by atoms with E-state index >= 15 is 0 Å². The van der Waals surface area contributed by atoms with Crippen molar-refractivity contribution in [2.75, 3.05) is 7.11 Å². The molecule has 20 heavy (non-hydrogen) atoms. The molecular formula is C14H10N4OS. The Morgan fingerprint density at radius 3 is 3.00 bits per heavy atom. The van der Waals surface area contributed by atoms with Crippen LogP contribution in [-0.2, 0) is 0 Å². The Bertz CT molecular complexity index is 888. The first-order valence-corrected chi connectivity index (χ1v) is 6.28. The molecule has 98 valence electrons.